The largest absolute Gasteiger partial charge is 0.318 e. The number of rotatable bonds is 1. The van der Waals surface area contributed by atoms with Crippen LogP contribution in [0.5, 0.6) is 0 Å². The van der Waals surface area contributed by atoms with Gasteiger partial charge in [0.1, 0.15) is 5.69 Å². The number of nitrogens with two attached hydrogens (primary N) is 1. The molecule has 1 heterocycles. The molecule has 1 aromatic carbocycles. The molecule has 0 saturated heterocycles. The summed E-state index contributed by atoms with van der Waals surface area (Å²) in [6.07, 6.45) is 1.73. The van der Waals surface area contributed by atoms with Crippen molar-refractivity contribution in [3.05, 3.63) is 48.3 Å². The first-order valence-electron chi connectivity index (χ1n) is 5.14. The Morgan fingerprint density at radius 3 is 2.69 bits per heavy atom. The summed E-state index contributed by atoms with van der Waals surface area (Å²) in [6, 6.07) is 11.6. The van der Waals surface area contributed by atoms with Crippen LogP contribution < -0.4 is 5.73 Å². The number of benzene rings is 1. The number of hydrogen-bond acceptors (Lipinski definition) is 2. The number of para-hydroxylation sites is 1. The summed E-state index contributed by atoms with van der Waals surface area (Å²) in [7, 11) is 0. The Morgan fingerprint density at radius 1 is 1.25 bits per heavy atom. The first-order valence-corrected chi connectivity index (χ1v) is 5.14. The van der Waals surface area contributed by atoms with Crippen molar-refractivity contribution in [3.63, 3.8) is 0 Å². The molecule has 2 aromatic rings. The first-order chi connectivity index (χ1) is 7.77. The van der Waals surface area contributed by atoms with Gasteiger partial charge in [0.05, 0.1) is 17.9 Å². The third-order valence-corrected chi connectivity index (χ3v) is 2.07. The van der Waals surface area contributed by atoms with Crippen molar-refractivity contribution in [2.24, 2.45) is 5.73 Å². The molecule has 3 nitrogen and oxygen atoms in total. The average molecular weight is 211 g/mol. The van der Waals surface area contributed by atoms with Gasteiger partial charge in [0, 0.05) is 0 Å². The minimum absolute atomic E-state index is 0.126. The van der Waals surface area contributed by atoms with Crippen molar-refractivity contribution in [3.8, 4) is 17.5 Å². The molecule has 2 rings (SSSR count). The Hall–Kier alpha value is -2.05. The van der Waals surface area contributed by atoms with Crippen LogP contribution >= 0.6 is 0 Å². The van der Waals surface area contributed by atoms with Crippen LogP contribution in [0, 0.1) is 11.8 Å². The van der Waals surface area contributed by atoms with Crippen molar-refractivity contribution in [1.82, 2.24) is 9.78 Å². The fourth-order valence-corrected chi connectivity index (χ4v) is 1.36. The van der Waals surface area contributed by atoms with Gasteiger partial charge >= 0.3 is 0 Å². The van der Waals surface area contributed by atoms with Gasteiger partial charge in [-0.25, -0.2) is 4.68 Å². The van der Waals surface area contributed by atoms with Gasteiger partial charge in [-0.2, -0.15) is 5.10 Å². The summed E-state index contributed by atoms with van der Waals surface area (Å²) in [5.74, 6) is 5.94. The van der Waals surface area contributed by atoms with Crippen molar-refractivity contribution in [2.75, 3.05) is 0 Å². The van der Waals surface area contributed by atoms with E-state index in [1.165, 1.54) is 0 Å². The fourth-order valence-electron chi connectivity index (χ4n) is 1.36. The standard InChI is InChI=1S/C13H13N3/c1-11(14)7-8-13-9-10-15-16(13)12-5-3-2-4-6-12/h2-6,9-11H,14H2,1H3. The lowest BCUT2D eigenvalue weighted by atomic mass is 10.3. The zero-order chi connectivity index (χ0) is 11.4. The molecule has 0 aliphatic carbocycles. The Morgan fingerprint density at radius 2 is 2.00 bits per heavy atom. The Kier molecular flexibility index (Phi) is 3.04. The molecule has 3 heteroatoms. The van der Waals surface area contributed by atoms with Crippen LogP contribution in [-0.2, 0) is 0 Å². The van der Waals surface area contributed by atoms with Crippen LogP contribution in [0.4, 0.5) is 0 Å². The normalized spacial score (nSPS) is 11.6. The Balaban J connectivity index is 2.38. The Bertz CT molecular complexity index is 515. The van der Waals surface area contributed by atoms with Gasteiger partial charge in [-0.05, 0) is 31.0 Å². The van der Waals surface area contributed by atoms with Gasteiger partial charge in [0.15, 0.2) is 0 Å². The monoisotopic (exact) mass is 211 g/mol. The summed E-state index contributed by atoms with van der Waals surface area (Å²) in [6.45, 7) is 1.86. The molecule has 80 valence electrons. The number of hydrogen-bond donors (Lipinski definition) is 1. The maximum Gasteiger partial charge on any atom is 0.117 e. The second-order valence-electron chi connectivity index (χ2n) is 3.52. The molecule has 1 atom stereocenters. The summed E-state index contributed by atoms with van der Waals surface area (Å²) < 4.78 is 1.80. The van der Waals surface area contributed by atoms with E-state index in [4.69, 9.17) is 5.73 Å². The van der Waals surface area contributed by atoms with Gasteiger partial charge in [-0.1, -0.05) is 24.1 Å². The molecule has 0 radical (unpaired) electrons. The molecule has 16 heavy (non-hydrogen) atoms. The topological polar surface area (TPSA) is 43.8 Å². The minimum atomic E-state index is -0.126. The van der Waals surface area contributed by atoms with Crippen LogP contribution in [-0.4, -0.2) is 15.8 Å². The molecule has 0 bridgehead atoms. The van der Waals surface area contributed by atoms with E-state index in [1.54, 1.807) is 10.9 Å². The van der Waals surface area contributed by atoms with E-state index in [2.05, 4.69) is 16.9 Å². The smallest absolute Gasteiger partial charge is 0.117 e. The highest BCUT2D eigenvalue weighted by Crippen LogP contribution is 2.08. The zero-order valence-electron chi connectivity index (χ0n) is 9.09. The molecule has 0 saturated carbocycles. The molecule has 1 aromatic heterocycles. The second kappa shape index (κ2) is 4.65. The van der Waals surface area contributed by atoms with Gasteiger partial charge in [-0.15, -0.1) is 0 Å². The minimum Gasteiger partial charge on any atom is -0.318 e. The highest BCUT2D eigenvalue weighted by molar-refractivity contribution is 5.38. The Labute approximate surface area is 94.9 Å². The third kappa shape index (κ3) is 2.30. The maximum atomic E-state index is 5.59. The average Bonchev–Trinajstić information content (AvgIpc) is 2.75. The number of aromatic nitrogens is 2. The van der Waals surface area contributed by atoms with Crippen molar-refractivity contribution >= 4 is 0 Å². The number of nitrogens with zero attached hydrogens (tertiary/aromatic N) is 2. The molecule has 2 N–H and O–H groups in total. The van der Waals surface area contributed by atoms with Crippen LogP contribution in [0.3, 0.4) is 0 Å². The molecule has 0 amide bonds. The summed E-state index contributed by atoms with van der Waals surface area (Å²) in [5.41, 5.74) is 7.45. The first kappa shape index (κ1) is 10.5. The lowest BCUT2D eigenvalue weighted by Crippen LogP contribution is -2.11. The maximum absolute atomic E-state index is 5.59. The quantitative estimate of drug-likeness (QED) is 0.728. The van der Waals surface area contributed by atoms with E-state index in [-0.39, 0.29) is 6.04 Å². The highest BCUT2D eigenvalue weighted by atomic mass is 15.3. The molecule has 0 aliphatic rings. The van der Waals surface area contributed by atoms with E-state index < -0.39 is 0 Å². The lowest BCUT2D eigenvalue weighted by molar-refractivity contribution is 0.867. The van der Waals surface area contributed by atoms with Crippen LogP contribution in [0.2, 0.25) is 0 Å². The van der Waals surface area contributed by atoms with Gasteiger partial charge in [0.25, 0.3) is 0 Å². The zero-order valence-corrected chi connectivity index (χ0v) is 9.09. The van der Waals surface area contributed by atoms with E-state index in [1.807, 2.05) is 43.3 Å². The van der Waals surface area contributed by atoms with E-state index in [9.17, 15) is 0 Å². The van der Waals surface area contributed by atoms with Crippen LogP contribution in [0.25, 0.3) is 5.69 Å². The van der Waals surface area contributed by atoms with Gasteiger partial charge < -0.3 is 5.73 Å². The molecule has 1 unspecified atom stereocenters. The molecule has 0 fully saturated rings. The fraction of sp³-hybridized carbons (Fsp3) is 0.154. The highest BCUT2D eigenvalue weighted by Gasteiger charge is 2.00. The second-order valence-corrected chi connectivity index (χ2v) is 3.52. The van der Waals surface area contributed by atoms with E-state index >= 15 is 0 Å². The van der Waals surface area contributed by atoms with E-state index in [0.717, 1.165) is 11.4 Å². The summed E-state index contributed by atoms with van der Waals surface area (Å²) in [4.78, 5) is 0. The molecule has 0 spiro atoms. The third-order valence-electron chi connectivity index (χ3n) is 2.07. The lowest BCUT2D eigenvalue weighted by Gasteiger charge is -2.02. The SMILES string of the molecule is CC(N)C#Cc1ccnn1-c1ccccc1. The van der Waals surface area contributed by atoms with Crippen molar-refractivity contribution in [1.29, 1.82) is 0 Å². The molecular formula is C13H13N3. The molecular weight excluding hydrogens is 198 g/mol. The van der Waals surface area contributed by atoms with Crippen molar-refractivity contribution < 1.29 is 0 Å². The summed E-state index contributed by atoms with van der Waals surface area (Å²) in [5, 5.41) is 4.24. The predicted molar refractivity (Wildman–Crippen MR) is 64.1 cm³/mol. The molecule has 0 aliphatic heterocycles. The van der Waals surface area contributed by atoms with Gasteiger partial charge in [-0.3, -0.25) is 0 Å². The van der Waals surface area contributed by atoms with Gasteiger partial charge in [0.2, 0.25) is 0 Å². The van der Waals surface area contributed by atoms with Crippen LogP contribution in [0.1, 0.15) is 12.6 Å². The predicted octanol–water partition coefficient (Wildman–Crippen LogP) is 1.57. The summed E-state index contributed by atoms with van der Waals surface area (Å²) >= 11 is 0. The van der Waals surface area contributed by atoms with E-state index in [0.29, 0.717) is 0 Å². The van der Waals surface area contributed by atoms with Crippen LogP contribution in [0.15, 0.2) is 42.6 Å². The van der Waals surface area contributed by atoms with Crippen molar-refractivity contribution in [2.45, 2.75) is 13.0 Å².